The lowest BCUT2D eigenvalue weighted by Crippen LogP contribution is -2.53. The van der Waals surface area contributed by atoms with E-state index < -0.39 is 11.6 Å². The number of ether oxygens (including phenoxy) is 1. The standard InChI is InChI=1S/C21H22F2N2O2/c1-27-17-5-3-15(4-6-17)16-12-25(13-16)20-8-9-24(21(20)26)11-14-2-7-18(22)19(23)10-14/h2-7,10,16,20H,8-9,11-13H2,1H3. The van der Waals surface area contributed by atoms with Crippen molar-refractivity contribution in [1.82, 2.24) is 9.80 Å². The van der Waals surface area contributed by atoms with Crippen molar-refractivity contribution in [3.63, 3.8) is 0 Å². The molecular weight excluding hydrogens is 350 g/mol. The number of methoxy groups -OCH3 is 1. The number of amides is 1. The molecule has 1 atom stereocenters. The largest absolute Gasteiger partial charge is 0.497 e. The Morgan fingerprint density at radius 1 is 1.07 bits per heavy atom. The van der Waals surface area contributed by atoms with Gasteiger partial charge in [0.1, 0.15) is 5.75 Å². The van der Waals surface area contributed by atoms with E-state index in [0.29, 0.717) is 24.6 Å². The predicted octanol–water partition coefficient (Wildman–Crippen LogP) is 3.17. The van der Waals surface area contributed by atoms with Crippen LogP contribution in [0.1, 0.15) is 23.5 Å². The highest BCUT2D eigenvalue weighted by Crippen LogP contribution is 2.33. The van der Waals surface area contributed by atoms with Crippen molar-refractivity contribution < 1.29 is 18.3 Å². The number of benzene rings is 2. The molecule has 6 heteroatoms. The van der Waals surface area contributed by atoms with Gasteiger partial charge in [-0.3, -0.25) is 9.69 Å². The van der Waals surface area contributed by atoms with Gasteiger partial charge in [0.05, 0.1) is 13.2 Å². The number of halogens is 2. The van der Waals surface area contributed by atoms with Crippen LogP contribution in [0.25, 0.3) is 0 Å². The van der Waals surface area contributed by atoms with Crippen molar-refractivity contribution in [2.45, 2.75) is 24.9 Å². The fourth-order valence-electron chi connectivity index (χ4n) is 3.93. The van der Waals surface area contributed by atoms with Crippen LogP contribution in [0.2, 0.25) is 0 Å². The van der Waals surface area contributed by atoms with Crippen molar-refractivity contribution in [3.05, 3.63) is 65.2 Å². The van der Waals surface area contributed by atoms with E-state index in [1.807, 2.05) is 12.1 Å². The van der Waals surface area contributed by atoms with Gasteiger partial charge in [-0.2, -0.15) is 0 Å². The lowest BCUT2D eigenvalue weighted by Gasteiger charge is -2.42. The van der Waals surface area contributed by atoms with Gasteiger partial charge in [0.25, 0.3) is 0 Å². The Morgan fingerprint density at radius 3 is 2.48 bits per heavy atom. The van der Waals surface area contributed by atoms with Gasteiger partial charge in [-0.1, -0.05) is 18.2 Å². The van der Waals surface area contributed by atoms with E-state index in [1.54, 1.807) is 12.0 Å². The number of hydrogen-bond acceptors (Lipinski definition) is 3. The molecule has 2 heterocycles. The Morgan fingerprint density at radius 2 is 1.81 bits per heavy atom. The molecule has 2 aromatic carbocycles. The van der Waals surface area contributed by atoms with Crippen LogP contribution < -0.4 is 4.74 Å². The van der Waals surface area contributed by atoms with E-state index >= 15 is 0 Å². The molecule has 0 bridgehead atoms. The predicted molar refractivity (Wildman–Crippen MR) is 97.5 cm³/mol. The summed E-state index contributed by atoms with van der Waals surface area (Å²) in [4.78, 5) is 16.7. The molecule has 0 radical (unpaired) electrons. The van der Waals surface area contributed by atoms with Crippen molar-refractivity contribution in [3.8, 4) is 5.75 Å². The molecule has 1 amide bonds. The smallest absolute Gasteiger partial charge is 0.240 e. The molecule has 4 rings (SSSR count). The van der Waals surface area contributed by atoms with Crippen LogP contribution in [-0.2, 0) is 11.3 Å². The first-order valence-electron chi connectivity index (χ1n) is 9.16. The van der Waals surface area contributed by atoms with E-state index in [0.717, 1.165) is 31.3 Å². The van der Waals surface area contributed by atoms with Crippen LogP contribution in [0.5, 0.6) is 5.75 Å². The summed E-state index contributed by atoms with van der Waals surface area (Å²) >= 11 is 0. The Bertz CT molecular complexity index is 835. The van der Waals surface area contributed by atoms with Crippen LogP contribution in [-0.4, -0.2) is 48.5 Å². The van der Waals surface area contributed by atoms with E-state index in [9.17, 15) is 13.6 Å². The van der Waals surface area contributed by atoms with E-state index in [1.165, 1.54) is 17.7 Å². The number of carbonyl (C=O) groups is 1. The average Bonchev–Trinajstić information content (AvgIpc) is 2.98. The fourth-order valence-corrected chi connectivity index (χ4v) is 3.93. The molecule has 0 saturated carbocycles. The summed E-state index contributed by atoms with van der Waals surface area (Å²) in [5.74, 6) is -0.388. The van der Waals surface area contributed by atoms with Gasteiger partial charge < -0.3 is 9.64 Å². The summed E-state index contributed by atoms with van der Waals surface area (Å²) < 4.78 is 31.6. The van der Waals surface area contributed by atoms with Crippen molar-refractivity contribution in [2.24, 2.45) is 0 Å². The normalized spacial score (nSPS) is 20.8. The van der Waals surface area contributed by atoms with E-state index in [-0.39, 0.29) is 11.9 Å². The molecule has 2 saturated heterocycles. The lowest BCUT2D eigenvalue weighted by atomic mass is 9.89. The molecule has 2 aliphatic rings. The van der Waals surface area contributed by atoms with Crippen molar-refractivity contribution in [1.29, 1.82) is 0 Å². The van der Waals surface area contributed by atoms with Gasteiger partial charge in [-0.15, -0.1) is 0 Å². The maximum Gasteiger partial charge on any atom is 0.240 e. The fraction of sp³-hybridized carbons (Fsp3) is 0.381. The van der Waals surface area contributed by atoms with Crippen molar-refractivity contribution >= 4 is 5.91 Å². The molecule has 0 N–H and O–H groups in total. The summed E-state index contributed by atoms with van der Waals surface area (Å²) in [7, 11) is 1.65. The van der Waals surface area contributed by atoms with Gasteiger partial charge >= 0.3 is 0 Å². The highest BCUT2D eigenvalue weighted by atomic mass is 19.2. The van der Waals surface area contributed by atoms with Gasteiger partial charge in [-0.05, 0) is 41.8 Å². The summed E-state index contributed by atoms with van der Waals surface area (Å²) in [6, 6.07) is 11.8. The molecule has 2 aliphatic heterocycles. The number of nitrogens with zero attached hydrogens (tertiary/aromatic N) is 2. The maximum atomic E-state index is 13.4. The summed E-state index contributed by atoms with van der Waals surface area (Å²) in [6.07, 6.45) is 0.776. The number of rotatable bonds is 5. The molecule has 1 unspecified atom stereocenters. The molecule has 27 heavy (non-hydrogen) atoms. The minimum absolute atomic E-state index is 0.0768. The minimum Gasteiger partial charge on any atom is -0.497 e. The van der Waals surface area contributed by atoms with Crippen LogP contribution in [0.15, 0.2) is 42.5 Å². The van der Waals surface area contributed by atoms with Crippen LogP contribution in [0.4, 0.5) is 8.78 Å². The third-order valence-corrected chi connectivity index (χ3v) is 5.56. The zero-order valence-corrected chi connectivity index (χ0v) is 15.2. The SMILES string of the molecule is COc1ccc(C2CN(C3CCN(Cc4ccc(F)c(F)c4)C3=O)C2)cc1. The lowest BCUT2D eigenvalue weighted by molar-refractivity contribution is -0.134. The Labute approximate surface area is 157 Å². The highest BCUT2D eigenvalue weighted by molar-refractivity contribution is 5.84. The number of hydrogen-bond donors (Lipinski definition) is 0. The minimum atomic E-state index is -0.874. The molecule has 2 fully saturated rings. The van der Waals surface area contributed by atoms with Gasteiger partial charge in [0, 0.05) is 32.1 Å². The Kier molecular flexibility index (Phi) is 4.83. The molecule has 0 aliphatic carbocycles. The molecule has 0 spiro atoms. The number of carbonyl (C=O) groups excluding carboxylic acids is 1. The first-order chi connectivity index (χ1) is 13.0. The molecule has 142 valence electrons. The molecule has 0 aromatic heterocycles. The first-order valence-corrected chi connectivity index (χ1v) is 9.16. The topological polar surface area (TPSA) is 32.8 Å². The van der Waals surface area contributed by atoms with Gasteiger partial charge in [0.15, 0.2) is 11.6 Å². The van der Waals surface area contributed by atoms with Crippen molar-refractivity contribution in [2.75, 3.05) is 26.7 Å². The highest BCUT2D eigenvalue weighted by Gasteiger charge is 2.41. The van der Waals surface area contributed by atoms with Crippen LogP contribution in [0.3, 0.4) is 0 Å². The second kappa shape index (κ2) is 7.27. The molecule has 4 nitrogen and oxygen atoms in total. The Balaban J connectivity index is 1.33. The molecule has 2 aromatic rings. The zero-order chi connectivity index (χ0) is 19.0. The van der Waals surface area contributed by atoms with Gasteiger partial charge in [0.2, 0.25) is 5.91 Å². The maximum absolute atomic E-state index is 13.4. The van der Waals surface area contributed by atoms with Crippen LogP contribution >= 0.6 is 0 Å². The second-order valence-electron chi connectivity index (χ2n) is 7.24. The van der Waals surface area contributed by atoms with Crippen LogP contribution in [0, 0.1) is 11.6 Å². The van der Waals surface area contributed by atoms with E-state index in [4.69, 9.17) is 4.74 Å². The monoisotopic (exact) mass is 372 g/mol. The third kappa shape index (κ3) is 3.54. The summed E-state index contributed by atoms with van der Waals surface area (Å²) in [5.41, 5.74) is 1.87. The quantitative estimate of drug-likeness (QED) is 0.808. The number of likely N-dealkylation sites (tertiary alicyclic amines) is 2. The average molecular weight is 372 g/mol. The van der Waals surface area contributed by atoms with E-state index in [2.05, 4.69) is 17.0 Å². The summed E-state index contributed by atoms with van der Waals surface area (Å²) in [5, 5.41) is 0. The second-order valence-corrected chi connectivity index (χ2v) is 7.24. The summed E-state index contributed by atoms with van der Waals surface area (Å²) in [6.45, 7) is 2.69. The molecular formula is C21H22F2N2O2. The Hall–Kier alpha value is -2.47. The van der Waals surface area contributed by atoms with Gasteiger partial charge in [-0.25, -0.2) is 8.78 Å². The first kappa shape index (κ1) is 17.9. The zero-order valence-electron chi connectivity index (χ0n) is 15.2. The third-order valence-electron chi connectivity index (χ3n) is 5.56.